The molecule has 1 aromatic rings. The average Bonchev–Trinajstić information content (AvgIpc) is 2.44. The predicted molar refractivity (Wildman–Crippen MR) is 87.7 cm³/mol. The van der Waals surface area contributed by atoms with Gasteiger partial charge in [-0.3, -0.25) is 5.32 Å². The Balaban J connectivity index is 2.98. The van der Waals surface area contributed by atoms with Crippen LogP contribution in [-0.4, -0.2) is 40.1 Å². The van der Waals surface area contributed by atoms with Gasteiger partial charge in [0.25, 0.3) is 10.1 Å². The van der Waals surface area contributed by atoms with Gasteiger partial charge in [0, 0.05) is 5.41 Å². The second kappa shape index (κ2) is 7.71. The third-order valence-electron chi connectivity index (χ3n) is 3.08. The number of rotatable bonds is 7. The minimum absolute atomic E-state index is 0.390. The zero-order valence-electron chi connectivity index (χ0n) is 14.3. The SMILES string of the molecule is COc1ccc(CS(=O)(=O)O[C@H](NC(=O)O)C(C)(C)C)cc1OC. The number of ether oxygens (including phenoxy) is 2. The summed E-state index contributed by atoms with van der Waals surface area (Å²) in [4.78, 5) is 10.8. The maximum Gasteiger partial charge on any atom is 0.406 e. The van der Waals surface area contributed by atoms with Crippen molar-refractivity contribution < 1.29 is 32.0 Å². The highest BCUT2D eigenvalue weighted by atomic mass is 32.2. The molecule has 1 amide bonds. The highest BCUT2D eigenvalue weighted by Crippen LogP contribution is 2.29. The lowest BCUT2D eigenvalue weighted by molar-refractivity contribution is 0.0612. The molecule has 0 fully saturated rings. The van der Waals surface area contributed by atoms with Crippen LogP contribution in [0.4, 0.5) is 4.79 Å². The zero-order valence-corrected chi connectivity index (χ0v) is 15.1. The molecule has 0 radical (unpaired) electrons. The van der Waals surface area contributed by atoms with Gasteiger partial charge in [-0.1, -0.05) is 26.8 Å². The van der Waals surface area contributed by atoms with Gasteiger partial charge in [-0.2, -0.15) is 8.42 Å². The topological polar surface area (TPSA) is 111 Å². The fourth-order valence-corrected chi connectivity index (χ4v) is 3.14. The van der Waals surface area contributed by atoms with Crippen molar-refractivity contribution in [2.24, 2.45) is 5.41 Å². The first-order chi connectivity index (χ1) is 11.0. The van der Waals surface area contributed by atoms with Crippen LogP contribution in [0.5, 0.6) is 11.5 Å². The molecular weight excluding hydrogens is 338 g/mol. The van der Waals surface area contributed by atoms with Gasteiger partial charge in [0.1, 0.15) is 5.75 Å². The molecule has 1 rings (SSSR count). The number of nitrogens with one attached hydrogen (secondary N) is 1. The van der Waals surface area contributed by atoms with E-state index in [1.54, 1.807) is 32.9 Å². The van der Waals surface area contributed by atoms with E-state index in [4.69, 9.17) is 18.8 Å². The highest BCUT2D eigenvalue weighted by molar-refractivity contribution is 7.85. The Morgan fingerprint density at radius 3 is 2.25 bits per heavy atom. The molecule has 136 valence electrons. The maximum absolute atomic E-state index is 12.3. The molecule has 0 saturated heterocycles. The van der Waals surface area contributed by atoms with Gasteiger partial charge in [0.2, 0.25) is 0 Å². The van der Waals surface area contributed by atoms with Crippen molar-refractivity contribution in [3.8, 4) is 11.5 Å². The van der Waals surface area contributed by atoms with E-state index in [1.165, 1.54) is 20.3 Å². The lowest BCUT2D eigenvalue weighted by Crippen LogP contribution is -2.46. The quantitative estimate of drug-likeness (QED) is 0.565. The second-order valence-corrected chi connectivity index (χ2v) is 7.78. The van der Waals surface area contributed by atoms with E-state index in [0.29, 0.717) is 17.1 Å². The molecule has 0 unspecified atom stereocenters. The van der Waals surface area contributed by atoms with Gasteiger partial charge in [-0.15, -0.1) is 0 Å². The third-order valence-corrected chi connectivity index (χ3v) is 4.25. The first-order valence-corrected chi connectivity index (χ1v) is 8.67. The lowest BCUT2D eigenvalue weighted by Gasteiger charge is -2.29. The van der Waals surface area contributed by atoms with E-state index in [9.17, 15) is 13.2 Å². The smallest absolute Gasteiger partial charge is 0.406 e. The number of methoxy groups -OCH3 is 2. The summed E-state index contributed by atoms with van der Waals surface area (Å²) in [6, 6.07) is 4.68. The molecule has 0 heterocycles. The molecule has 0 spiro atoms. The van der Waals surface area contributed by atoms with Crippen molar-refractivity contribution in [3.05, 3.63) is 23.8 Å². The second-order valence-electron chi connectivity index (χ2n) is 6.18. The lowest BCUT2D eigenvalue weighted by atomic mass is 9.94. The Morgan fingerprint density at radius 1 is 1.21 bits per heavy atom. The van der Waals surface area contributed by atoms with Gasteiger partial charge >= 0.3 is 6.09 Å². The Labute approximate surface area is 141 Å². The minimum atomic E-state index is -4.03. The summed E-state index contributed by atoms with van der Waals surface area (Å²) < 4.78 is 39.8. The summed E-state index contributed by atoms with van der Waals surface area (Å²) >= 11 is 0. The number of amides is 1. The van der Waals surface area contributed by atoms with Crippen molar-refractivity contribution in [3.63, 3.8) is 0 Å². The van der Waals surface area contributed by atoms with Crippen LogP contribution in [-0.2, 0) is 20.1 Å². The summed E-state index contributed by atoms with van der Waals surface area (Å²) in [5.41, 5.74) is -0.320. The van der Waals surface area contributed by atoms with Gasteiger partial charge in [-0.25, -0.2) is 8.98 Å². The van der Waals surface area contributed by atoms with Crippen molar-refractivity contribution in [2.75, 3.05) is 14.2 Å². The maximum atomic E-state index is 12.3. The molecule has 0 aliphatic rings. The van der Waals surface area contributed by atoms with Gasteiger partial charge in [0.05, 0.1) is 14.2 Å². The molecule has 0 bridgehead atoms. The van der Waals surface area contributed by atoms with Crippen molar-refractivity contribution in [1.82, 2.24) is 5.32 Å². The molecule has 9 heteroatoms. The van der Waals surface area contributed by atoms with Crippen LogP contribution >= 0.6 is 0 Å². The zero-order chi connectivity index (χ0) is 18.5. The third kappa shape index (κ3) is 5.89. The summed E-state index contributed by atoms with van der Waals surface area (Å²) in [6.45, 7) is 5.00. The van der Waals surface area contributed by atoms with E-state index in [1.807, 2.05) is 0 Å². The summed E-state index contributed by atoms with van der Waals surface area (Å²) in [5, 5.41) is 10.9. The number of hydrogen-bond donors (Lipinski definition) is 2. The van der Waals surface area contributed by atoms with Crippen LogP contribution in [0.2, 0.25) is 0 Å². The standard InChI is InChI=1S/C15H23NO7S/c1-15(2,3)13(16-14(17)18)23-24(19,20)9-10-6-7-11(21-4)12(8-10)22-5/h6-8,13,16H,9H2,1-5H3,(H,17,18)/t13-/m0/s1. The Kier molecular flexibility index (Phi) is 6.44. The summed E-state index contributed by atoms with van der Waals surface area (Å²) in [6.07, 6.45) is -2.57. The number of carbonyl (C=O) groups is 1. The first kappa shape index (κ1) is 20.0. The van der Waals surface area contributed by atoms with E-state index in [0.717, 1.165) is 0 Å². The van der Waals surface area contributed by atoms with Gasteiger partial charge in [-0.05, 0) is 17.7 Å². The molecule has 0 aliphatic carbocycles. The average molecular weight is 361 g/mol. The molecule has 0 aromatic heterocycles. The number of carboxylic acid groups (broad SMARTS) is 1. The van der Waals surface area contributed by atoms with Crippen molar-refractivity contribution >= 4 is 16.2 Å². The number of benzene rings is 1. The van der Waals surface area contributed by atoms with E-state index >= 15 is 0 Å². The normalized spacial score (nSPS) is 13.2. The Bertz CT molecular complexity index is 680. The first-order valence-electron chi connectivity index (χ1n) is 7.10. The molecule has 2 N–H and O–H groups in total. The predicted octanol–water partition coefficient (Wildman–Crippen LogP) is 2.19. The van der Waals surface area contributed by atoms with Gasteiger partial charge < -0.3 is 14.6 Å². The number of hydrogen-bond acceptors (Lipinski definition) is 6. The van der Waals surface area contributed by atoms with Crippen LogP contribution in [0.25, 0.3) is 0 Å². The van der Waals surface area contributed by atoms with Gasteiger partial charge in [0.15, 0.2) is 17.7 Å². The van der Waals surface area contributed by atoms with Crippen molar-refractivity contribution in [2.45, 2.75) is 32.8 Å². The molecule has 8 nitrogen and oxygen atoms in total. The fraction of sp³-hybridized carbons (Fsp3) is 0.533. The fourth-order valence-electron chi connectivity index (χ4n) is 1.85. The Morgan fingerprint density at radius 2 is 1.79 bits per heavy atom. The molecule has 0 saturated carbocycles. The molecule has 1 aromatic carbocycles. The molecule has 0 aliphatic heterocycles. The van der Waals surface area contributed by atoms with Crippen molar-refractivity contribution in [1.29, 1.82) is 0 Å². The van der Waals surface area contributed by atoms with Crippen LogP contribution in [0.1, 0.15) is 26.3 Å². The largest absolute Gasteiger partial charge is 0.493 e. The minimum Gasteiger partial charge on any atom is -0.493 e. The van der Waals surface area contributed by atoms with Crippen LogP contribution < -0.4 is 14.8 Å². The van der Waals surface area contributed by atoms with E-state index < -0.39 is 33.6 Å². The summed E-state index contributed by atoms with van der Waals surface area (Å²) in [5.74, 6) is 0.433. The molecule has 1 atom stereocenters. The Hall–Kier alpha value is -2.00. The summed E-state index contributed by atoms with van der Waals surface area (Å²) in [7, 11) is -1.11. The molecular formula is C15H23NO7S. The highest BCUT2D eigenvalue weighted by Gasteiger charge is 2.32. The monoisotopic (exact) mass is 361 g/mol. The van der Waals surface area contributed by atoms with E-state index in [-0.39, 0.29) is 0 Å². The van der Waals surface area contributed by atoms with Crippen LogP contribution in [0.3, 0.4) is 0 Å². The molecule has 24 heavy (non-hydrogen) atoms. The van der Waals surface area contributed by atoms with E-state index in [2.05, 4.69) is 5.32 Å². The van der Waals surface area contributed by atoms with Crippen LogP contribution in [0, 0.1) is 5.41 Å². The van der Waals surface area contributed by atoms with Crippen LogP contribution in [0.15, 0.2) is 18.2 Å².